The Morgan fingerprint density at radius 1 is 0.118 bits per heavy atom. The lowest BCUT2D eigenvalue weighted by Gasteiger charge is -2.28. The van der Waals surface area contributed by atoms with Gasteiger partial charge >= 0.3 is 0 Å². The Bertz CT molecular complexity index is 3500. The molecule has 0 radical (unpaired) electrons. The van der Waals surface area contributed by atoms with Crippen LogP contribution in [0.1, 0.15) is 0 Å². The Kier molecular flexibility index (Phi) is 13.5. The van der Waals surface area contributed by atoms with E-state index in [1.54, 1.807) is 0 Å². The summed E-state index contributed by atoms with van der Waals surface area (Å²) in [5.41, 5.74) is 19.8. The van der Waals surface area contributed by atoms with E-state index in [4.69, 9.17) is 0 Å². The quantitative estimate of drug-likeness (QED) is 0.101. The van der Waals surface area contributed by atoms with Crippen LogP contribution in [0, 0.1) is 0 Å². The summed E-state index contributed by atoms with van der Waals surface area (Å²) in [5.74, 6) is 0. The Labute approximate surface area is 446 Å². The SMILES string of the molecule is c1ccc(N(c2ccccc2)c2cccc(-c3cccc(N(c4ccccc4)c4cccc(-c5cccc(N(c6ccccc6)c6cccc(-c7cccc(N(c8ccccc8)c8ccccc8)c7)c6)c5)c4)c3)c2)cc1. The molecule has 0 spiro atoms. The zero-order valence-electron chi connectivity index (χ0n) is 42.0. The van der Waals surface area contributed by atoms with Crippen molar-refractivity contribution in [3.63, 3.8) is 0 Å². The highest BCUT2D eigenvalue weighted by Crippen LogP contribution is 2.43. The highest BCUT2D eigenvalue weighted by molar-refractivity contribution is 5.87. The second kappa shape index (κ2) is 21.9. The molecule has 12 aromatic carbocycles. The Balaban J connectivity index is 0.888. The van der Waals surface area contributed by atoms with Gasteiger partial charge in [0.2, 0.25) is 0 Å². The molecule has 0 aliphatic heterocycles. The summed E-state index contributed by atoms with van der Waals surface area (Å²) in [6.07, 6.45) is 0. The van der Waals surface area contributed by atoms with Gasteiger partial charge in [-0.05, 0) is 179 Å². The standard InChI is InChI=1S/C72H54N4/c1-7-31-61(32-8-1)73(62-33-9-2-10-34-62)67-43-19-25-55(49-67)57-27-21-45-69(51-57)75(65-39-15-5-16-40-65)71-47-23-29-59(53-71)60-30-24-48-72(54-60)76(66-41-17-6-18-42-66)70-46-22-28-58(52-70)56-26-20-44-68(50-56)74(63-35-11-3-12-36-63)64-37-13-4-14-38-64/h1-54H. The third kappa shape index (κ3) is 10.1. The van der Waals surface area contributed by atoms with Crippen molar-refractivity contribution in [2.24, 2.45) is 0 Å². The van der Waals surface area contributed by atoms with Crippen LogP contribution in [-0.2, 0) is 0 Å². The Morgan fingerprint density at radius 3 is 0.408 bits per heavy atom. The van der Waals surface area contributed by atoms with Crippen molar-refractivity contribution in [2.45, 2.75) is 0 Å². The maximum atomic E-state index is 2.36. The van der Waals surface area contributed by atoms with Gasteiger partial charge in [0.15, 0.2) is 0 Å². The van der Waals surface area contributed by atoms with Crippen molar-refractivity contribution in [3.05, 3.63) is 328 Å². The topological polar surface area (TPSA) is 13.0 Å². The summed E-state index contributed by atoms with van der Waals surface area (Å²) in [7, 11) is 0. The molecular formula is C72H54N4. The number of nitrogens with zero attached hydrogens (tertiary/aromatic N) is 4. The van der Waals surface area contributed by atoms with Crippen molar-refractivity contribution < 1.29 is 0 Å². The van der Waals surface area contributed by atoms with Gasteiger partial charge < -0.3 is 19.6 Å². The van der Waals surface area contributed by atoms with Crippen LogP contribution in [0.15, 0.2) is 328 Å². The fourth-order valence-electron chi connectivity index (χ4n) is 10.2. The highest BCUT2D eigenvalue weighted by atomic mass is 15.2. The van der Waals surface area contributed by atoms with Crippen molar-refractivity contribution in [2.75, 3.05) is 19.6 Å². The lowest BCUT2D eigenvalue weighted by Crippen LogP contribution is -2.11. The molecule has 0 fully saturated rings. The third-order valence-electron chi connectivity index (χ3n) is 13.7. The molecule has 0 unspecified atom stereocenters. The van der Waals surface area contributed by atoms with Gasteiger partial charge in [-0.2, -0.15) is 0 Å². The molecule has 362 valence electrons. The van der Waals surface area contributed by atoms with Crippen LogP contribution in [-0.4, -0.2) is 0 Å². The first-order valence-electron chi connectivity index (χ1n) is 25.8. The van der Waals surface area contributed by atoms with Gasteiger partial charge in [0.05, 0.1) is 0 Å². The summed E-state index contributed by atoms with van der Waals surface area (Å²) in [6.45, 7) is 0. The summed E-state index contributed by atoms with van der Waals surface area (Å²) < 4.78 is 0. The summed E-state index contributed by atoms with van der Waals surface area (Å²) in [5, 5.41) is 0. The molecule has 0 N–H and O–H groups in total. The molecule has 4 nitrogen and oxygen atoms in total. The van der Waals surface area contributed by atoms with Gasteiger partial charge in [-0.15, -0.1) is 0 Å². The molecule has 0 atom stereocenters. The molecule has 0 saturated heterocycles. The molecule has 12 aromatic rings. The molecule has 0 amide bonds. The summed E-state index contributed by atoms with van der Waals surface area (Å²) >= 11 is 0. The van der Waals surface area contributed by atoms with E-state index >= 15 is 0 Å². The van der Waals surface area contributed by atoms with E-state index in [1.165, 1.54) is 0 Å². The number of para-hydroxylation sites is 6. The van der Waals surface area contributed by atoms with Crippen LogP contribution in [0.2, 0.25) is 0 Å². The normalized spacial score (nSPS) is 10.9. The zero-order valence-corrected chi connectivity index (χ0v) is 42.0. The lowest BCUT2D eigenvalue weighted by atomic mass is 10.0. The molecule has 0 heterocycles. The predicted octanol–water partition coefficient (Wildman–Crippen LogP) is 20.6. The minimum absolute atomic E-state index is 1.06. The van der Waals surface area contributed by atoms with Gasteiger partial charge in [-0.3, -0.25) is 0 Å². The zero-order chi connectivity index (χ0) is 50.9. The van der Waals surface area contributed by atoms with E-state index in [1.807, 2.05) is 0 Å². The molecular weight excluding hydrogens is 921 g/mol. The smallest absolute Gasteiger partial charge is 0.0467 e. The largest absolute Gasteiger partial charge is 0.310 e. The first-order chi connectivity index (χ1) is 37.7. The Hall–Kier alpha value is -10.2. The fraction of sp³-hybridized carbons (Fsp3) is 0. The summed E-state index contributed by atoms with van der Waals surface area (Å²) in [4.78, 5) is 9.34. The number of benzene rings is 12. The molecule has 0 aliphatic carbocycles. The summed E-state index contributed by atoms with van der Waals surface area (Å²) in [6, 6.07) is 117. The average molecular weight is 975 g/mol. The van der Waals surface area contributed by atoms with E-state index in [-0.39, 0.29) is 0 Å². The van der Waals surface area contributed by atoms with Gasteiger partial charge in [-0.1, -0.05) is 182 Å². The molecule has 12 rings (SSSR count). The van der Waals surface area contributed by atoms with Crippen molar-refractivity contribution in [1.82, 2.24) is 0 Å². The van der Waals surface area contributed by atoms with Crippen LogP contribution >= 0.6 is 0 Å². The lowest BCUT2D eigenvalue weighted by molar-refractivity contribution is 1.27. The first kappa shape index (κ1) is 46.9. The van der Waals surface area contributed by atoms with Crippen LogP contribution < -0.4 is 19.6 Å². The Morgan fingerprint density at radius 2 is 0.250 bits per heavy atom. The molecule has 0 bridgehead atoms. The number of hydrogen-bond acceptors (Lipinski definition) is 4. The van der Waals surface area contributed by atoms with Gasteiger partial charge in [0.25, 0.3) is 0 Å². The van der Waals surface area contributed by atoms with E-state index in [2.05, 4.69) is 347 Å². The van der Waals surface area contributed by atoms with Crippen molar-refractivity contribution >= 4 is 68.2 Å². The van der Waals surface area contributed by atoms with E-state index in [0.717, 1.165) is 102 Å². The monoisotopic (exact) mass is 974 g/mol. The third-order valence-corrected chi connectivity index (χ3v) is 13.7. The maximum Gasteiger partial charge on any atom is 0.0467 e. The van der Waals surface area contributed by atoms with Crippen molar-refractivity contribution in [3.8, 4) is 33.4 Å². The first-order valence-corrected chi connectivity index (χ1v) is 25.8. The molecule has 0 aromatic heterocycles. The van der Waals surface area contributed by atoms with Gasteiger partial charge in [-0.25, -0.2) is 0 Å². The number of hydrogen-bond donors (Lipinski definition) is 0. The minimum Gasteiger partial charge on any atom is -0.310 e. The minimum atomic E-state index is 1.06. The molecule has 76 heavy (non-hydrogen) atoms. The van der Waals surface area contributed by atoms with Gasteiger partial charge in [0, 0.05) is 68.2 Å². The average Bonchev–Trinajstić information content (AvgIpc) is 3.50. The molecule has 0 aliphatic rings. The highest BCUT2D eigenvalue weighted by Gasteiger charge is 2.19. The fourth-order valence-corrected chi connectivity index (χ4v) is 10.2. The van der Waals surface area contributed by atoms with Crippen molar-refractivity contribution in [1.29, 1.82) is 0 Å². The van der Waals surface area contributed by atoms with Crippen LogP contribution in [0.3, 0.4) is 0 Å². The molecule has 0 saturated carbocycles. The van der Waals surface area contributed by atoms with E-state index in [9.17, 15) is 0 Å². The molecule has 4 heteroatoms. The number of rotatable bonds is 15. The van der Waals surface area contributed by atoms with Crippen LogP contribution in [0.4, 0.5) is 68.2 Å². The van der Waals surface area contributed by atoms with E-state index < -0.39 is 0 Å². The second-order valence-corrected chi connectivity index (χ2v) is 18.7. The predicted molar refractivity (Wildman–Crippen MR) is 321 cm³/mol. The number of anilines is 12. The van der Waals surface area contributed by atoms with E-state index in [0.29, 0.717) is 0 Å². The maximum absolute atomic E-state index is 2.36. The van der Waals surface area contributed by atoms with Gasteiger partial charge in [0.1, 0.15) is 0 Å². The second-order valence-electron chi connectivity index (χ2n) is 18.7. The van der Waals surface area contributed by atoms with Crippen LogP contribution in [0.25, 0.3) is 33.4 Å². The van der Waals surface area contributed by atoms with Crippen LogP contribution in [0.5, 0.6) is 0 Å².